The maximum absolute atomic E-state index is 5.91. The lowest BCUT2D eigenvalue weighted by atomic mass is 10.1. The maximum Gasteiger partial charge on any atom is 0.191 e. The summed E-state index contributed by atoms with van der Waals surface area (Å²) >= 11 is 5.91. The molecule has 0 amide bonds. The van der Waals surface area contributed by atoms with Gasteiger partial charge in [-0.15, -0.1) is 24.0 Å². The molecule has 7 heteroatoms. The summed E-state index contributed by atoms with van der Waals surface area (Å²) in [5.74, 6) is 1.48. The van der Waals surface area contributed by atoms with E-state index >= 15 is 0 Å². The third kappa shape index (κ3) is 6.92. The number of rotatable bonds is 6. The highest BCUT2D eigenvalue weighted by Crippen LogP contribution is 2.15. The first-order valence-electron chi connectivity index (χ1n) is 7.44. The summed E-state index contributed by atoms with van der Waals surface area (Å²) in [5, 5.41) is 7.28. The summed E-state index contributed by atoms with van der Waals surface area (Å²) in [6.45, 7) is 3.24. The van der Waals surface area contributed by atoms with Gasteiger partial charge in [0.25, 0.3) is 0 Å². The average molecular weight is 461 g/mol. The zero-order chi connectivity index (χ0) is 16.5. The van der Waals surface area contributed by atoms with Crippen LogP contribution in [0.3, 0.4) is 0 Å². The molecule has 0 saturated heterocycles. The smallest absolute Gasteiger partial charge is 0.191 e. The predicted octanol–water partition coefficient (Wildman–Crippen LogP) is 3.66. The van der Waals surface area contributed by atoms with E-state index in [0.717, 1.165) is 22.3 Å². The van der Waals surface area contributed by atoms with Crippen LogP contribution in [-0.2, 0) is 0 Å². The van der Waals surface area contributed by atoms with Gasteiger partial charge in [0.15, 0.2) is 5.96 Å². The fourth-order valence-electron chi connectivity index (χ4n) is 2.01. The van der Waals surface area contributed by atoms with Crippen molar-refractivity contribution in [2.75, 3.05) is 20.2 Å². The van der Waals surface area contributed by atoms with E-state index in [2.05, 4.69) is 27.5 Å². The van der Waals surface area contributed by atoms with Crippen LogP contribution in [0, 0.1) is 0 Å². The summed E-state index contributed by atoms with van der Waals surface area (Å²) in [4.78, 5) is 8.22. The summed E-state index contributed by atoms with van der Waals surface area (Å²) < 4.78 is 5.58. The van der Waals surface area contributed by atoms with Crippen molar-refractivity contribution < 1.29 is 4.74 Å². The number of nitrogens with one attached hydrogen (secondary N) is 2. The van der Waals surface area contributed by atoms with Crippen molar-refractivity contribution in [1.82, 2.24) is 15.6 Å². The molecule has 5 nitrogen and oxygen atoms in total. The largest absolute Gasteiger partial charge is 0.490 e. The summed E-state index contributed by atoms with van der Waals surface area (Å²) in [6, 6.07) is 11.6. The topological polar surface area (TPSA) is 58.5 Å². The van der Waals surface area contributed by atoms with Gasteiger partial charge < -0.3 is 15.4 Å². The lowest BCUT2D eigenvalue weighted by Crippen LogP contribution is -2.40. The Bertz CT molecular complexity index is 622. The third-order valence-electron chi connectivity index (χ3n) is 3.24. The first-order valence-corrected chi connectivity index (χ1v) is 7.82. The molecule has 0 bridgehead atoms. The minimum atomic E-state index is 0. The van der Waals surface area contributed by atoms with Gasteiger partial charge in [-0.2, -0.15) is 0 Å². The molecule has 0 aliphatic heterocycles. The van der Waals surface area contributed by atoms with Gasteiger partial charge in [0.1, 0.15) is 12.4 Å². The number of benzene rings is 1. The average Bonchev–Trinajstić information content (AvgIpc) is 2.59. The Hall–Kier alpha value is -1.54. The highest BCUT2D eigenvalue weighted by Gasteiger charge is 2.07. The number of hydrogen-bond acceptors (Lipinski definition) is 3. The third-order valence-corrected chi connectivity index (χ3v) is 3.50. The molecule has 2 rings (SSSR count). The van der Waals surface area contributed by atoms with E-state index in [-0.39, 0.29) is 30.0 Å². The van der Waals surface area contributed by atoms with E-state index < -0.39 is 0 Å². The second-order valence-electron chi connectivity index (χ2n) is 4.95. The number of ether oxygens (including phenoxy) is 1. The van der Waals surface area contributed by atoms with Crippen molar-refractivity contribution in [2.24, 2.45) is 4.99 Å². The molecule has 1 heterocycles. The Labute approximate surface area is 164 Å². The van der Waals surface area contributed by atoms with Crippen LogP contribution < -0.4 is 15.4 Å². The molecule has 2 N–H and O–H groups in total. The second kappa shape index (κ2) is 11.1. The van der Waals surface area contributed by atoms with Gasteiger partial charge in [-0.3, -0.25) is 9.98 Å². The number of guanidine groups is 1. The molecule has 130 valence electrons. The van der Waals surface area contributed by atoms with Crippen LogP contribution in [-0.4, -0.2) is 31.1 Å². The molecule has 1 aromatic carbocycles. The minimum Gasteiger partial charge on any atom is -0.490 e. The second-order valence-corrected chi connectivity index (χ2v) is 5.39. The van der Waals surface area contributed by atoms with E-state index in [0.29, 0.717) is 13.2 Å². The van der Waals surface area contributed by atoms with Crippen LogP contribution in [0.25, 0.3) is 0 Å². The molecule has 0 spiro atoms. The molecule has 0 aliphatic carbocycles. The highest BCUT2D eigenvalue weighted by molar-refractivity contribution is 14.0. The van der Waals surface area contributed by atoms with Crippen molar-refractivity contribution in [3.8, 4) is 5.75 Å². The van der Waals surface area contributed by atoms with Crippen LogP contribution in [0.4, 0.5) is 0 Å². The highest BCUT2D eigenvalue weighted by atomic mass is 127. The van der Waals surface area contributed by atoms with Gasteiger partial charge in [0.2, 0.25) is 0 Å². The zero-order valence-corrected chi connectivity index (χ0v) is 16.8. The Morgan fingerprint density at radius 3 is 2.67 bits per heavy atom. The molecule has 0 aliphatic rings. The van der Waals surface area contributed by atoms with Crippen LogP contribution in [0.2, 0.25) is 5.02 Å². The lowest BCUT2D eigenvalue weighted by Gasteiger charge is -2.18. The van der Waals surface area contributed by atoms with E-state index in [9.17, 15) is 0 Å². The van der Waals surface area contributed by atoms with Crippen molar-refractivity contribution >= 4 is 41.5 Å². The van der Waals surface area contributed by atoms with Crippen molar-refractivity contribution in [2.45, 2.75) is 13.0 Å². The molecule has 1 aromatic heterocycles. The predicted molar refractivity (Wildman–Crippen MR) is 110 cm³/mol. The molecule has 2 aromatic rings. The van der Waals surface area contributed by atoms with Gasteiger partial charge in [0.05, 0.1) is 18.8 Å². The first kappa shape index (κ1) is 20.5. The van der Waals surface area contributed by atoms with Gasteiger partial charge in [-0.05, 0) is 36.8 Å². The number of halogens is 2. The van der Waals surface area contributed by atoms with Crippen molar-refractivity contribution in [1.29, 1.82) is 0 Å². The maximum atomic E-state index is 5.91. The molecule has 1 unspecified atom stereocenters. The molecule has 0 saturated carbocycles. The molecular formula is C17H22ClIN4O. The minimum absolute atomic E-state index is 0. The number of nitrogens with zero attached hydrogens (tertiary/aromatic N) is 2. The summed E-state index contributed by atoms with van der Waals surface area (Å²) in [6.07, 6.45) is 3.41. The van der Waals surface area contributed by atoms with E-state index in [1.807, 2.05) is 36.4 Å². The van der Waals surface area contributed by atoms with Gasteiger partial charge in [-0.1, -0.05) is 23.7 Å². The van der Waals surface area contributed by atoms with Gasteiger partial charge >= 0.3 is 0 Å². The normalized spacial score (nSPS) is 12.0. The monoisotopic (exact) mass is 460 g/mol. The molecular weight excluding hydrogens is 439 g/mol. The Morgan fingerprint density at radius 2 is 2.04 bits per heavy atom. The number of hydrogen-bond donors (Lipinski definition) is 2. The zero-order valence-electron chi connectivity index (χ0n) is 13.7. The number of pyridine rings is 1. The fourth-order valence-corrected chi connectivity index (χ4v) is 2.13. The Kier molecular flexibility index (Phi) is 9.48. The van der Waals surface area contributed by atoms with Gasteiger partial charge in [0, 0.05) is 18.3 Å². The van der Waals surface area contributed by atoms with E-state index in [4.69, 9.17) is 16.3 Å². The SMILES string of the molecule is CN=C(NCCOc1cccnc1)NC(C)c1ccc(Cl)cc1.I. The van der Waals surface area contributed by atoms with E-state index in [1.54, 1.807) is 19.4 Å². The van der Waals surface area contributed by atoms with Crippen LogP contribution in [0.1, 0.15) is 18.5 Å². The quantitative estimate of drug-likeness (QED) is 0.299. The fraction of sp³-hybridized carbons (Fsp3) is 0.294. The summed E-state index contributed by atoms with van der Waals surface area (Å²) in [7, 11) is 1.74. The van der Waals surface area contributed by atoms with Crippen molar-refractivity contribution in [3.63, 3.8) is 0 Å². The lowest BCUT2D eigenvalue weighted by molar-refractivity contribution is 0.320. The molecule has 1 atom stereocenters. The Balaban J connectivity index is 0.00000288. The number of aromatic nitrogens is 1. The molecule has 24 heavy (non-hydrogen) atoms. The van der Waals surface area contributed by atoms with Crippen molar-refractivity contribution in [3.05, 3.63) is 59.4 Å². The Morgan fingerprint density at radius 1 is 1.29 bits per heavy atom. The van der Waals surface area contributed by atoms with Crippen LogP contribution in [0.15, 0.2) is 53.8 Å². The first-order chi connectivity index (χ1) is 11.2. The van der Waals surface area contributed by atoms with E-state index in [1.165, 1.54) is 0 Å². The molecule has 0 radical (unpaired) electrons. The van der Waals surface area contributed by atoms with Crippen LogP contribution >= 0.6 is 35.6 Å². The number of aliphatic imine (C=N–C) groups is 1. The molecule has 0 fully saturated rings. The standard InChI is InChI=1S/C17H21ClN4O.HI/c1-13(14-5-7-15(18)8-6-14)22-17(19-2)21-10-11-23-16-4-3-9-20-12-16;/h3-9,12-13H,10-11H2,1-2H3,(H2,19,21,22);1H. The summed E-state index contributed by atoms with van der Waals surface area (Å²) in [5.41, 5.74) is 1.14. The van der Waals surface area contributed by atoms with Gasteiger partial charge in [-0.25, -0.2) is 0 Å². The van der Waals surface area contributed by atoms with Crippen LogP contribution in [0.5, 0.6) is 5.75 Å².